The normalized spacial score (nSPS) is 10.9. The monoisotopic (exact) mass is 253 g/mol. The van der Waals surface area contributed by atoms with Crippen molar-refractivity contribution in [1.82, 2.24) is 5.32 Å². The molecule has 4 nitrogen and oxygen atoms in total. The van der Waals surface area contributed by atoms with Crippen molar-refractivity contribution in [3.05, 3.63) is 23.8 Å². The van der Waals surface area contributed by atoms with Crippen LogP contribution in [0.5, 0.6) is 11.5 Å². The summed E-state index contributed by atoms with van der Waals surface area (Å²) in [7, 11) is 1.61. The SMILES string of the molecule is COc1ccc(O)c(CNCCOCC(C)C)c1. The molecular weight excluding hydrogens is 230 g/mol. The van der Waals surface area contributed by atoms with Crippen LogP contribution < -0.4 is 10.1 Å². The van der Waals surface area contributed by atoms with Gasteiger partial charge in [-0.25, -0.2) is 0 Å². The van der Waals surface area contributed by atoms with Crippen LogP contribution in [0.25, 0.3) is 0 Å². The van der Waals surface area contributed by atoms with E-state index >= 15 is 0 Å². The molecule has 0 aliphatic rings. The van der Waals surface area contributed by atoms with Crippen molar-refractivity contribution in [3.8, 4) is 11.5 Å². The highest BCUT2D eigenvalue weighted by Gasteiger charge is 2.02. The molecule has 0 heterocycles. The van der Waals surface area contributed by atoms with E-state index in [0.29, 0.717) is 19.1 Å². The first-order valence-corrected chi connectivity index (χ1v) is 6.27. The molecule has 1 aromatic carbocycles. The topological polar surface area (TPSA) is 50.7 Å². The van der Waals surface area contributed by atoms with Crippen molar-refractivity contribution in [2.24, 2.45) is 5.92 Å². The molecule has 0 saturated carbocycles. The maximum atomic E-state index is 9.68. The number of phenolic OH excluding ortho intramolecular Hbond substituents is 1. The molecule has 0 aromatic heterocycles. The van der Waals surface area contributed by atoms with Crippen LogP contribution in [0.2, 0.25) is 0 Å². The van der Waals surface area contributed by atoms with Crippen LogP contribution >= 0.6 is 0 Å². The Hall–Kier alpha value is -1.26. The molecule has 0 saturated heterocycles. The summed E-state index contributed by atoms with van der Waals surface area (Å²) >= 11 is 0. The zero-order chi connectivity index (χ0) is 13.4. The number of hydrogen-bond donors (Lipinski definition) is 2. The fourth-order valence-corrected chi connectivity index (χ4v) is 1.52. The van der Waals surface area contributed by atoms with Crippen LogP contribution in [0, 0.1) is 5.92 Å². The number of hydrogen-bond acceptors (Lipinski definition) is 4. The van der Waals surface area contributed by atoms with E-state index in [1.54, 1.807) is 19.2 Å². The summed E-state index contributed by atoms with van der Waals surface area (Å²) < 4.78 is 10.6. The summed E-state index contributed by atoms with van der Waals surface area (Å²) in [6.45, 7) is 7.09. The molecule has 102 valence electrons. The fraction of sp³-hybridized carbons (Fsp3) is 0.571. The molecule has 0 spiro atoms. The van der Waals surface area contributed by atoms with E-state index in [1.165, 1.54) is 0 Å². The standard InChI is InChI=1S/C14H23NO3/c1-11(2)10-18-7-6-15-9-12-8-13(17-3)4-5-14(12)16/h4-5,8,11,15-16H,6-7,9-10H2,1-3H3. The first-order valence-electron chi connectivity index (χ1n) is 6.27. The molecule has 1 rings (SSSR count). The molecule has 0 aliphatic heterocycles. The van der Waals surface area contributed by atoms with Gasteiger partial charge in [0.05, 0.1) is 13.7 Å². The maximum Gasteiger partial charge on any atom is 0.120 e. The summed E-state index contributed by atoms with van der Waals surface area (Å²) in [5, 5.41) is 12.9. The van der Waals surface area contributed by atoms with Gasteiger partial charge in [0.2, 0.25) is 0 Å². The third-order valence-corrected chi connectivity index (χ3v) is 2.48. The van der Waals surface area contributed by atoms with Gasteiger partial charge in [-0.1, -0.05) is 13.8 Å². The van der Waals surface area contributed by atoms with E-state index in [0.717, 1.165) is 24.5 Å². The maximum absolute atomic E-state index is 9.68. The first-order chi connectivity index (χ1) is 8.63. The van der Waals surface area contributed by atoms with Gasteiger partial charge in [-0.05, 0) is 24.1 Å². The minimum Gasteiger partial charge on any atom is -0.508 e. The molecule has 0 amide bonds. The average molecular weight is 253 g/mol. The number of phenols is 1. The smallest absolute Gasteiger partial charge is 0.120 e. The predicted molar refractivity (Wildman–Crippen MR) is 72.0 cm³/mol. The average Bonchev–Trinajstić information content (AvgIpc) is 2.35. The van der Waals surface area contributed by atoms with Gasteiger partial charge in [0, 0.05) is 25.3 Å². The first kappa shape index (κ1) is 14.8. The summed E-state index contributed by atoms with van der Waals surface area (Å²) in [6.07, 6.45) is 0. The Morgan fingerprint density at radius 2 is 2.11 bits per heavy atom. The lowest BCUT2D eigenvalue weighted by atomic mass is 10.2. The van der Waals surface area contributed by atoms with Crippen LogP contribution in [0.1, 0.15) is 19.4 Å². The third kappa shape index (κ3) is 5.38. The third-order valence-electron chi connectivity index (χ3n) is 2.48. The molecule has 2 N–H and O–H groups in total. The van der Waals surface area contributed by atoms with Crippen molar-refractivity contribution in [2.75, 3.05) is 26.9 Å². The largest absolute Gasteiger partial charge is 0.508 e. The number of methoxy groups -OCH3 is 1. The van der Waals surface area contributed by atoms with E-state index in [9.17, 15) is 5.11 Å². The van der Waals surface area contributed by atoms with Crippen LogP contribution in [0.15, 0.2) is 18.2 Å². The number of nitrogens with one attached hydrogen (secondary N) is 1. The molecule has 0 radical (unpaired) electrons. The summed E-state index contributed by atoms with van der Waals surface area (Å²) in [5.74, 6) is 1.60. The van der Waals surface area contributed by atoms with Crippen molar-refractivity contribution < 1.29 is 14.6 Å². The molecule has 0 unspecified atom stereocenters. The van der Waals surface area contributed by atoms with Gasteiger partial charge in [0.15, 0.2) is 0 Å². The molecular formula is C14H23NO3. The molecule has 1 aromatic rings. The molecule has 0 fully saturated rings. The Kier molecular flexibility index (Phi) is 6.54. The highest BCUT2D eigenvalue weighted by molar-refractivity contribution is 5.39. The number of rotatable bonds is 8. The van der Waals surface area contributed by atoms with Gasteiger partial charge in [-0.3, -0.25) is 0 Å². The van der Waals surface area contributed by atoms with Gasteiger partial charge in [0.25, 0.3) is 0 Å². The van der Waals surface area contributed by atoms with E-state index < -0.39 is 0 Å². The van der Waals surface area contributed by atoms with Crippen molar-refractivity contribution in [1.29, 1.82) is 0 Å². The molecule has 0 bridgehead atoms. The second-order valence-corrected chi connectivity index (χ2v) is 4.64. The Labute approximate surface area is 109 Å². The van der Waals surface area contributed by atoms with E-state index in [4.69, 9.17) is 9.47 Å². The van der Waals surface area contributed by atoms with Gasteiger partial charge >= 0.3 is 0 Å². The zero-order valence-electron chi connectivity index (χ0n) is 11.4. The van der Waals surface area contributed by atoms with E-state index in [2.05, 4.69) is 19.2 Å². The summed E-state index contributed by atoms with van der Waals surface area (Å²) in [5.41, 5.74) is 0.832. The lowest BCUT2D eigenvalue weighted by molar-refractivity contribution is 0.111. The lowest BCUT2D eigenvalue weighted by Gasteiger charge is -2.10. The zero-order valence-corrected chi connectivity index (χ0v) is 11.4. The Morgan fingerprint density at radius 3 is 2.78 bits per heavy atom. The van der Waals surface area contributed by atoms with Crippen LogP contribution in [-0.4, -0.2) is 32.0 Å². The highest BCUT2D eigenvalue weighted by atomic mass is 16.5. The minimum absolute atomic E-state index is 0.284. The highest BCUT2D eigenvalue weighted by Crippen LogP contribution is 2.22. The van der Waals surface area contributed by atoms with Gasteiger partial charge in [0.1, 0.15) is 11.5 Å². The van der Waals surface area contributed by atoms with Crippen LogP contribution in [0.4, 0.5) is 0 Å². The predicted octanol–water partition coefficient (Wildman–Crippen LogP) is 2.16. The Balaban J connectivity index is 2.26. The second-order valence-electron chi connectivity index (χ2n) is 4.64. The van der Waals surface area contributed by atoms with Crippen molar-refractivity contribution in [2.45, 2.75) is 20.4 Å². The Morgan fingerprint density at radius 1 is 1.33 bits per heavy atom. The Bertz CT molecular complexity index is 353. The molecule has 0 atom stereocenters. The number of aromatic hydroxyl groups is 1. The van der Waals surface area contributed by atoms with Crippen LogP contribution in [-0.2, 0) is 11.3 Å². The minimum atomic E-state index is 0.284. The van der Waals surface area contributed by atoms with Crippen molar-refractivity contribution >= 4 is 0 Å². The van der Waals surface area contributed by atoms with E-state index in [1.807, 2.05) is 6.07 Å². The molecule has 4 heteroatoms. The second kappa shape index (κ2) is 7.95. The van der Waals surface area contributed by atoms with Gasteiger partial charge < -0.3 is 19.9 Å². The summed E-state index contributed by atoms with van der Waals surface area (Å²) in [6, 6.07) is 5.22. The van der Waals surface area contributed by atoms with Crippen LogP contribution in [0.3, 0.4) is 0 Å². The number of benzene rings is 1. The molecule has 0 aliphatic carbocycles. The fourth-order valence-electron chi connectivity index (χ4n) is 1.52. The van der Waals surface area contributed by atoms with Gasteiger partial charge in [-0.15, -0.1) is 0 Å². The lowest BCUT2D eigenvalue weighted by Crippen LogP contribution is -2.20. The quantitative estimate of drug-likeness (QED) is 0.697. The number of ether oxygens (including phenoxy) is 2. The summed E-state index contributed by atoms with van der Waals surface area (Å²) in [4.78, 5) is 0. The van der Waals surface area contributed by atoms with Gasteiger partial charge in [-0.2, -0.15) is 0 Å². The molecule has 18 heavy (non-hydrogen) atoms. The van der Waals surface area contributed by atoms with E-state index in [-0.39, 0.29) is 5.75 Å². The van der Waals surface area contributed by atoms with Crippen molar-refractivity contribution in [3.63, 3.8) is 0 Å².